The van der Waals surface area contributed by atoms with Crippen LogP contribution in [0.2, 0.25) is 10.0 Å². The average Bonchev–Trinajstić information content (AvgIpc) is 2.67. The van der Waals surface area contributed by atoms with E-state index in [0.29, 0.717) is 47.3 Å². The molecule has 148 valence electrons. The molecular weight excluding hydrogens is 403 g/mol. The molecule has 0 aromatic heterocycles. The first-order chi connectivity index (χ1) is 13.4. The Kier molecular flexibility index (Phi) is 6.65. The van der Waals surface area contributed by atoms with Crippen molar-refractivity contribution in [2.45, 2.75) is 18.9 Å². The van der Waals surface area contributed by atoms with Crippen molar-refractivity contribution in [3.05, 3.63) is 58.1 Å². The lowest BCUT2D eigenvalue weighted by molar-refractivity contribution is -0.124. The van der Waals surface area contributed by atoms with Gasteiger partial charge in [0.15, 0.2) is 6.61 Å². The Morgan fingerprint density at radius 3 is 2.57 bits per heavy atom. The summed E-state index contributed by atoms with van der Waals surface area (Å²) in [7, 11) is 0. The molecule has 0 unspecified atom stereocenters. The van der Waals surface area contributed by atoms with Gasteiger partial charge in [0, 0.05) is 29.7 Å². The minimum absolute atomic E-state index is 0.0231. The Hall–Kier alpha value is -2.44. The van der Waals surface area contributed by atoms with Crippen LogP contribution in [0.4, 0.5) is 0 Å². The number of hydrogen-bond donors (Lipinski definition) is 2. The summed E-state index contributed by atoms with van der Waals surface area (Å²) in [6.45, 7) is 0.913. The van der Waals surface area contributed by atoms with E-state index in [1.807, 2.05) is 0 Å². The highest BCUT2D eigenvalue weighted by molar-refractivity contribution is 6.35. The topological polar surface area (TPSA) is 78.9 Å². The van der Waals surface area contributed by atoms with Gasteiger partial charge in [-0.15, -0.1) is 0 Å². The maximum Gasteiger partial charge on any atom is 0.258 e. The van der Waals surface area contributed by atoms with Gasteiger partial charge in [0.05, 0.1) is 5.02 Å². The molecule has 2 amide bonds. The number of piperidine rings is 1. The zero-order valence-electron chi connectivity index (χ0n) is 15.0. The van der Waals surface area contributed by atoms with Crippen LogP contribution in [0.25, 0.3) is 0 Å². The van der Waals surface area contributed by atoms with Crippen molar-refractivity contribution in [3.63, 3.8) is 0 Å². The van der Waals surface area contributed by atoms with E-state index in [1.54, 1.807) is 35.2 Å². The van der Waals surface area contributed by atoms with E-state index in [9.17, 15) is 14.7 Å². The smallest absolute Gasteiger partial charge is 0.258 e. The number of nitrogens with one attached hydrogen (secondary N) is 1. The average molecular weight is 423 g/mol. The number of aromatic hydroxyl groups is 1. The standard InChI is InChI=1S/C20H20Cl2N2O4/c21-14-4-5-18(17(22)11-14)28-12-19(26)23-15-6-8-24(9-7-15)20(27)13-2-1-3-16(25)10-13/h1-5,10-11,15,25H,6-9,12H2,(H,23,26). The van der Waals surface area contributed by atoms with Crippen LogP contribution < -0.4 is 10.1 Å². The monoisotopic (exact) mass is 422 g/mol. The van der Waals surface area contributed by atoms with Crippen molar-refractivity contribution in [1.29, 1.82) is 0 Å². The predicted octanol–water partition coefficient (Wildman–Crippen LogP) is 3.50. The molecule has 8 heteroatoms. The third-order valence-electron chi connectivity index (χ3n) is 4.49. The molecule has 6 nitrogen and oxygen atoms in total. The molecule has 1 fully saturated rings. The molecule has 2 aromatic carbocycles. The molecule has 0 atom stereocenters. The quantitative estimate of drug-likeness (QED) is 0.772. The first kappa shape index (κ1) is 20.3. The van der Waals surface area contributed by atoms with Crippen LogP contribution in [0.15, 0.2) is 42.5 Å². The van der Waals surface area contributed by atoms with E-state index < -0.39 is 0 Å². The second-order valence-electron chi connectivity index (χ2n) is 6.55. The summed E-state index contributed by atoms with van der Waals surface area (Å²) in [5.74, 6) is 0.0895. The van der Waals surface area contributed by atoms with Gasteiger partial charge in [0.25, 0.3) is 11.8 Å². The van der Waals surface area contributed by atoms with Crippen molar-refractivity contribution in [2.75, 3.05) is 19.7 Å². The second kappa shape index (κ2) is 9.17. The number of rotatable bonds is 5. The van der Waals surface area contributed by atoms with Gasteiger partial charge in [-0.3, -0.25) is 9.59 Å². The van der Waals surface area contributed by atoms with Crippen molar-refractivity contribution < 1.29 is 19.4 Å². The molecule has 0 aliphatic carbocycles. The van der Waals surface area contributed by atoms with E-state index in [1.165, 1.54) is 12.1 Å². The van der Waals surface area contributed by atoms with Crippen molar-refractivity contribution >= 4 is 35.0 Å². The zero-order chi connectivity index (χ0) is 20.1. The molecule has 2 aromatic rings. The maximum absolute atomic E-state index is 12.5. The Morgan fingerprint density at radius 1 is 1.14 bits per heavy atom. The highest BCUT2D eigenvalue weighted by atomic mass is 35.5. The summed E-state index contributed by atoms with van der Waals surface area (Å²) in [5, 5.41) is 13.3. The summed E-state index contributed by atoms with van der Waals surface area (Å²) in [4.78, 5) is 26.3. The molecule has 0 spiro atoms. The van der Waals surface area contributed by atoms with Crippen LogP contribution in [0.3, 0.4) is 0 Å². The Morgan fingerprint density at radius 2 is 1.89 bits per heavy atom. The van der Waals surface area contributed by atoms with Gasteiger partial charge in [-0.2, -0.15) is 0 Å². The number of halogens is 2. The number of ether oxygens (including phenoxy) is 1. The molecule has 1 heterocycles. The molecule has 1 aliphatic heterocycles. The Labute approximate surface area is 173 Å². The predicted molar refractivity (Wildman–Crippen MR) is 107 cm³/mol. The van der Waals surface area contributed by atoms with Crippen molar-refractivity contribution in [1.82, 2.24) is 10.2 Å². The van der Waals surface area contributed by atoms with Gasteiger partial charge in [-0.25, -0.2) is 0 Å². The van der Waals surface area contributed by atoms with Crippen LogP contribution in [0.1, 0.15) is 23.2 Å². The fourth-order valence-corrected chi connectivity index (χ4v) is 3.52. The summed E-state index contributed by atoms with van der Waals surface area (Å²) in [6.07, 6.45) is 1.30. The molecule has 1 aliphatic rings. The van der Waals surface area contributed by atoms with Crippen molar-refractivity contribution in [3.8, 4) is 11.5 Å². The number of carbonyl (C=O) groups is 2. The van der Waals surface area contributed by atoms with Crippen LogP contribution in [0.5, 0.6) is 11.5 Å². The SMILES string of the molecule is O=C(COc1ccc(Cl)cc1Cl)NC1CCN(C(=O)c2cccc(O)c2)CC1. The van der Waals surface area contributed by atoms with E-state index in [0.717, 1.165) is 0 Å². The fraction of sp³-hybridized carbons (Fsp3) is 0.300. The molecule has 2 N–H and O–H groups in total. The minimum atomic E-state index is -0.247. The number of nitrogens with zero attached hydrogens (tertiary/aromatic N) is 1. The van der Waals surface area contributed by atoms with E-state index in [2.05, 4.69) is 5.32 Å². The van der Waals surface area contributed by atoms with Gasteiger partial charge < -0.3 is 20.1 Å². The van der Waals surface area contributed by atoms with E-state index in [4.69, 9.17) is 27.9 Å². The number of phenolic OH excluding ortho intramolecular Hbond substituents is 1. The summed E-state index contributed by atoms with van der Waals surface area (Å²) < 4.78 is 5.43. The Balaban J connectivity index is 1.44. The zero-order valence-corrected chi connectivity index (χ0v) is 16.5. The summed E-state index contributed by atoms with van der Waals surface area (Å²) in [5.41, 5.74) is 0.454. The van der Waals surface area contributed by atoms with Gasteiger partial charge >= 0.3 is 0 Å². The highest BCUT2D eigenvalue weighted by Gasteiger charge is 2.25. The fourth-order valence-electron chi connectivity index (χ4n) is 3.05. The maximum atomic E-state index is 12.5. The molecule has 3 rings (SSSR count). The lowest BCUT2D eigenvalue weighted by atomic mass is 10.0. The largest absolute Gasteiger partial charge is 0.508 e. The normalized spacial score (nSPS) is 14.6. The van der Waals surface area contributed by atoms with Gasteiger partial charge in [0.2, 0.25) is 0 Å². The van der Waals surface area contributed by atoms with Gasteiger partial charge in [-0.05, 0) is 49.2 Å². The number of hydrogen-bond acceptors (Lipinski definition) is 4. The van der Waals surface area contributed by atoms with Crippen LogP contribution in [0, 0.1) is 0 Å². The molecule has 1 saturated heterocycles. The molecule has 28 heavy (non-hydrogen) atoms. The van der Waals surface area contributed by atoms with Gasteiger partial charge in [0.1, 0.15) is 11.5 Å². The lowest BCUT2D eigenvalue weighted by Gasteiger charge is -2.32. The third kappa shape index (κ3) is 5.30. The number of likely N-dealkylation sites (tertiary alicyclic amines) is 1. The number of carbonyl (C=O) groups excluding carboxylic acids is 2. The van der Waals surface area contributed by atoms with Crippen LogP contribution in [-0.4, -0.2) is 47.6 Å². The number of phenols is 1. The molecule has 0 bridgehead atoms. The summed E-state index contributed by atoms with van der Waals surface area (Å²) >= 11 is 11.8. The highest BCUT2D eigenvalue weighted by Crippen LogP contribution is 2.27. The first-order valence-corrected chi connectivity index (χ1v) is 9.63. The minimum Gasteiger partial charge on any atom is -0.508 e. The number of benzene rings is 2. The summed E-state index contributed by atoms with van der Waals surface area (Å²) in [6, 6.07) is 11.1. The van der Waals surface area contributed by atoms with E-state index in [-0.39, 0.29) is 30.2 Å². The van der Waals surface area contributed by atoms with E-state index >= 15 is 0 Å². The second-order valence-corrected chi connectivity index (χ2v) is 7.39. The molecular formula is C20H20Cl2N2O4. The van der Waals surface area contributed by atoms with Crippen LogP contribution in [-0.2, 0) is 4.79 Å². The lowest BCUT2D eigenvalue weighted by Crippen LogP contribution is -2.47. The first-order valence-electron chi connectivity index (χ1n) is 8.88. The number of amides is 2. The third-order valence-corrected chi connectivity index (χ3v) is 5.02. The van der Waals surface area contributed by atoms with Crippen LogP contribution >= 0.6 is 23.2 Å². The van der Waals surface area contributed by atoms with Crippen molar-refractivity contribution in [2.24, 2.45) is 0 Å². The van der Waals surface area contributed by atoms with Gasteiger partial charge in [-0.1, -0.05) is 29.3 Å². The molecule has 0 saturated carbocycles. The molecule has 0 radical (unpaired) electrons. The Bertz CT molecular complexity index is 867.